The van der Waals surface area contributed by atoms with Gasteiger partial charge in [-0.15, -0.1) is 0 Å². The van der Waals surface area contributed by atoms with Gasteiger partial charge in [0, 0.05) is 18.1 Å². The molecule has 86 valence electrons. The van der Waals surface area contributed by atoms with Gasteiger partial charge in [0.25, 0.3) is 0 Å². The number of nitrogens with zero attached hydrogens (tertiary/aromatic N) is 2. The van der Waals surface area contributed by atoms with Crippen molar-refractivity contribution in [2.24, 2.45) is 5.73 Å². The summed E-state index contributed by atoms with van der Waals surface area (Å²) in [7, 11) is 0. The lowest BCUT2D eigenvalue weighted by Gasteiger charge is -2.39. The minimum atomic E-state index is 0.408. The van der Waals surface area contributed by atoms with E-state index >= 15 is 0 Å². The number of pyridine rings is 1. The molecule has 1 aromatic rings. The van der Waals surface area contributed by atoms with Gasteiger partial charge in [-0.3, -0.25) is 0 Å². The Kier molecular flexibility index (Phi) is 2.79. The smallest absolute Gasteiger partial charge is 0.101 e. The number of hydrogen-bond donors (Lipinski definition) is 1. The van der Waals surface area contributed by atoms with Crippen molar-refractivity contribution in [3.05, 3.63) is 22.0 Å². The topological polar surface area (TPSA) is 42.1 Å². The molecule has 0 spiro atoms. The maximum Gasteiger partial charge on any atom is 0.101 e. The van der Waals surface area contributed by atoms with E-state index in [9.17, 15) is 0 Å². The summed E-state index contributed by atoms with van der Waals surface area (Å²) >= 11 is 2.25. The Balaban J connectivity index is 1.88. The van der Waals surface area contributed by atoms with Crippen molar-refractivity contribution in [1.82, 2.24) is 4.98 Å². The van der Waals surface area contributed by atoms with Crippen LogP contribution in [0.3, 0.4) is 0 Å². The van der Waals surface area contributed by atoms with E-state index in [1.165, 1.54) is 18.5 Å². The van der Waals surface area contributed by atoms with Gasteiger partial charge in [-0.1, -0.05) is 0 Å². The normalized spacial score (nSPS) is 33.1. The van der Waals surface area contributed by atoms with Crippen molar-refractivity contribution in [2.75, 3.05) is 4.90 Å². The standard InChI is InChI=1S/C12H16IN3/c13-12-4-3-11(7-15-12)16-9-1-2-10(16)6-8(14)5-9/h3-4,7-10H,1-2,5-6,14H2. The molecular weight excluding hydrogens is 313 g/mol. The summed E-state index contributed by atoms with van der Waals surface area (Å²) in [5, 5.41) is 0. The van der Waals surface area contributed by atoms with E-state index in [1.54, 1.807) is 0 Å². The third-order valence-corrected chi connectivity index (χ3v) is 4.42. The highest BCUT2D eigenvalue weighted by molar-refractivity contribution is 14.1. The van der Waals surface area contributed by atoms with Gasteiger partial charge in [-0.25, -0.2) is 4.98 Å². The first-order chi connectivity index (χ1) is 7.74. The Morgan fingerprint density at radius 1 is 1.25 bits per heavy atom. The van der Waals surface area contributed by atoms with Crippen LogP contribution in [-0.2, 0) is 0 Å². The molecule has 3 nitrogen and oxygen atoms in total. The van der Waals surface area contributed by atoms with E-state index in [-0.39, 0.29) is 0 Å². The number of hydrogen-bond acceptors (Lipinski definition) is 3. The number of fused-ring (bicyclic) bond motifs is 2. The highest BCUT2D eigenvalue weighted by Crippen LogP contribution is 2.38. The van der Waals surface area contributed by atoms with Gasteiger partial charge in [0.2, 0.25) is 0 Å². The van der Waals surface area contributed by atoms with Crippen LogP contribution in [0.4, 0.5) is 5.69 Å². The van der Waals surface area contributed by atoms with Crippen LogP contribution in [0.15, 0.2) is 18.3 Å². The van der Waals surface area contributed by atoms with Crippen molar-refractivity contribution in [2.45, 2.75) is 43.8 Å². The van der Waals surface area contributed by atoms with Crippen LogP contribution in [0.2, 0.25) is 0 Å². The van der Waals surface area contributed by atoms with Crippen molar-refractivity contribution in [3.63, 3.8) is 0 Å². The molecule has 0 saturated carbocycles. The quantitative estimate of drug-likeness (QED) is 0.634. The number of halogens is 1. The Morgan fingerprint density at radius 2 is 1.94 bits per heavy atom. The van der Waals surface area contributed by atoms with Crippen molar-refractivity contribution in [1.29, 1.82) is 0 Å². The fourth-order valence-corrected chi connectivity index (χ4v) is 3.48. The van der Waals surface area contributed by atoms with Gasteiger partial charge >= 0.3 is 0 Å². The molecule has 1 aromatic heterocycles. The maximum absolute atomic E-state index is 6.08. The van der Waals surface area contributed by atoms with E-state index in [1.807, 2.05) is 6.20 Å². The van der Waals surface area contributed by atoms with Gasteiger partial charge in [0.1, 0.15) is 3.70 Å². The molecule has 2 N–H and O–H groups in total. The second-order valence-corrected chi connectivity index (χ2v) is 5.97. The average Bonchev–Trinajstić information content (AvgIpc) is 2.54. The lowest BCUT2D eigenvalue weighted by atomic mass is 9.98. The average molecular weight is 329 g/mol. The van der Waals surface area contributed by atoms with Crippen molar-refractivity contribution >= 4 is 28.3 Å². The van der Waals surface area contributed by atoms with Crippen LogP contribution < -0.4 is 10.6 Å². The first-order valence-corrected chi connectivity index (χ1v) is 6.97. The lowest BCUT2D eigenvalue weighted by molar-refractivity contribution is 0.414. The van der Waals surface area contributed by atoms with E-state index in [0.717, 1.165) is 16.5 Å². The fraction of sp³-hybridized carbons (Fsp3) is 0.583. The summed E-state index contributed by atoms with van der Waals surface area (Å²) in [6.45, 7) is 0. The first kappa shape index (κ1) is 10.8. The molecule has 0 amide bonds. The Hall–Kier alpha value is -0.360. The third kappa shape index (κ3) is 1.82. The number of anilines is 1. The molecule has 2 fully saturated rings. The Morgan fingerprint density at radius 3 is 2.50 bits per heavy atom. The zero-order chi connectivity index (χ0) is 11.1. The number of piperidine rings is 1. The minimum absolute atomic E-state index is 0.408. The predicted molar refractivity (Wildman–Crippen MR) is 73.5 cm³/mol. The third-order valence-electron chi connectivity index (χ3n) is 3.78. The molecular formula is C12H16IN3. The predicted octanol–water partition coefficient (Wildman–Crippen LogP) is 2.14. The molecule has 4 heteroatoms. The van der Waals surface area contributed by atoms with Crippen molar-refractivity contribution < 1.29 is 0 Å². The molecule has 0 aliphatic carbocycles. The zero-order valence-electron chi connectivity index (χ0n) is 9.14. The van der Waals surface area contributed by atoms with Crippen LogP contribution in [0.25, 0.3) is 0 Å². The maximum atomic E-state index is 6.08. The second-order valence-electron chi connectivity index (χ2n) is 4.86. The van der Waals surface area contributed by atoms with Crippen LogP contribution >= 0.6 is 22.6 Å². The molecule has 2 bridgehead atoms. The number of aromatic nitrogens is 1. The molecule has 2 aliphatic heterocycles. The van der Waals surface area contributed by atoms with E-state index in [4.69, 9.17) is 5.73 Å². The monoisotopic (exact) mass is 329 g/mol. The Bertz CT molecular complexity index is 364. The molecule has 3 rings (SSSR count). The summed E-state index contributed by atoms with van der Waals surface area (Å²) < 4.78 is 1.06. The summed E-state index contributed by atoms with van der Waals surface area (Å²) in [5.41, 5.74) is 7.35. The largest absolute Gasteiger partial charge is 0.364 e. The molecule has 16 heavy (non-hydrogen) atoms. The molecule has 2 saturated heterocycles. The molecule has 2 atom stereocenters. The molecule has 3 heterocycles. The Labute approximate surface area is 110 Å². The van der Waals surface area contributed by atoms with Crippen LogP contribution in [0.1, 0.15) is 25.7 Å². The van der Waals surface area contributed by atoms with E-state index in [2.05, 4.69) is 44.6 Å². The highest BCUT2D eigenvalue weighted by Gasteiger charge is 2.39. The molecule has 2 unspecified atom stereocenters. The lowest BCUT2D eigenvalue weighted by Crippen LogP contribution is -2.47. The zero-order valence-corrected chi connectivity index (χ0v) is 11.3. The van der Waals surface area contributed by atoms with Gasteiger partial charge in [-0.05, 0) is 60.4 Å². The molecule has 0 radical (unpaired) electrons. The minimum Gasteiger partial charge on any atom is -0.364 e. The summed E-state index contributed by atoms with van der Waals surface area (Å²) in [6.07, 6.45) is 6.88. The number of nitrogens with two attached hydrogens (primary N) is 1. The second kappa shape index (κ2) is 4.14. The fourth-order valence-electron chi connectivity index (χ4n) is 3.16. The number of rotatable bonds is 1. The van der Waals surface area contributed by atoms with Crippen LogP contribution in [0, 0.1) is 3.70 Å². The van der Waals surface area contributed by atoms with Crippen LogP contribution in [0.5, 0.6) is 0 Å². The molecule has 2 aliphatic rings. The van der Waals surface area contributed by atoms with Gasteiger partial charge in [0.15, 0.2) is 0 Å². The summed E-state index contributed by atoms with van der Waals surface area (Å²) in [6, 6.07) is 5.98. The SMILES string of the molecule is NC1CC2CCC(C1)N2c1ccc(I)nc1. The van der Waals surface area contributed by atoms with Gasteiger partial charge < -0.3 is 10.6 Å². The highest BCUT2D eigenvalue weighted by atomic mass is 127. The van der Waals surface area contributed by atoms with Crippen LogP contribution in [-0.4, -0.2) is 23.1 Å². The summed E-state index contributed by atoms with van der Waals surface area (Å²) in [4.78, 5) is 6.93. The molecule has 0 aromatic carbocycles. The first-order valence-electron chi connectivity index (χ1n) is 5.89. The van der Waals surface area contributed by atoms with Gasteiger partial charge in [-0.2, -0.15) is 0 Å². The summed E-state index contributed by atoms with van der Waals surface area (Å²) in [5.74, 6) is 0. The van der Waals surface area contributed by atoms with Gasteiger partial charge in [0.05, 0.1) is 11.9 Å². The van der Waals surface area contributed by atoms with E-state index < -0.39 is 0 Å². The van der Waals surface area contributed by atoms with E-state index in [0.29, 0.717) is 18.1 Å². The van der Waals surface area contributed by atoms with Crippen molar-refractivity contribution in [3.8, 4) is 0 Å².